The molecule has 0 atom stereocenters. The van der Waals surface area contributed by atoms with Gasteiger partial charge in [0.2, 0.25) is 5.82 Å². The van der Waals surface area contributed by atoms with Gasteiger partial charge in [0.15, 0.2) is 0 Å². The number of nitrogens with one attached hydrogen (secondary N) is 1. The van der Waals surface area contributed by atoms with Gasteiger partial charge >= 0.3 is 6.18 Å². The van der Waals surface area contributed by atoms with Crippen molar-refractivity contribution >= 4 is 22.6 Å². The standard InChI is InChI=1S/C23H25F3N4O/c1-15(2)30-20-10-9-16(13-19(20)28-22(30)23(24,25)26)21(31)27-18-8-4-3-7-17(18)14-29-11-5-6-12-29/h3-4,7-10,13,15H,5-6,11-12,14H2,1-2H3,(H,27,31). The normalized spacial score (nSPS) is 15.2. The molecule has 164 valence electrons. The van der Waals surface area contributed by atoms with Gasteiger partial charge in [-0.15, -0.1) is 0 Å². The van der Waals surface area contributed by atoms with E-state index in [-0.39, 0.29) is 17.0 Å². The molecule has 8 heteroatoms. The van der Waals surface area contributed by atoms with E-state index in [2.05, 4.69) is 15.2 Å². The molecule has 0 unspecified atom stereocenters. The van der Waals surface area contributed by atoms with Crippen molar-refractivity contribution in [2.45, 2.75) is 45.5 Å². The van der Waals surface area contributed by atoms with Crippen molar-refractivity contribution in [2.75, 3.05) is 18.4 Å². The maximum Gasteiger partial charge on any atom is 0.449 e. The number of carbonyl (C=O) groups excluding carboxylic acids is 1. The summed E-state index contributed by atoms with van der Waals surface area (Å²) in [5.74, 6) is -1.32. The van der Waals surface area contributed by atoms with Crippen LogP contribution in [0.3, 0.4) is 0 Å². The van der Waals surface area contributed by atoms with Gasteiger partial charge in [0.25, 0.3) is 5.91 Å². The first kappa shape index (κ1) is 21.4. The lowest BCUT2D eigenvalue weighted by atomic mass is 10.1. The summed E-state index contributed by atoms with van der Waals surface area (Å²) in [6.07, 6.45) is -2.21. The van der Waals surface area contributed by atoms with Crippen LogP contribution in [0.15, 0.2) is 42.5 Å². The Kier molecular flexibility index (Phi) is 5.75. The average Bonchev–Trinajstić information content (AvgIpc) is 3.36. The number of nitrogens with zero attached hydrogens (tertiary/aromatic N) is 3. The molecule has 2 aromatic carbocycles. The minimum atomic E-state index is -4.57. The van der Waals surface area contributed by atoms with Gasteiger partial charge in [-0.1, -0.05) is 18.2 Å². The molecule has 0 radical (unpaired) electrons. The second-order valence-corrected chi connectivity index (χ2v) is 8.19. The Bertz CT molecular complexity index is 1100. The fourth-order valence-electron chi connectivity index (χ4n) is 4.12. The Morgan fingerprint density at radius 1 is 1.13 bits per heavy atom. The highest BCUT2D eigenvalue weighted by atomic mass is 19.4. The van der Waals surface area contributed by atoms with Crippen LogP contribution >= 0.6 is 0 Å². The number of benzene rings is 2. The van der Waals surface area contributed by atoms with Crippen molar-refractivity contribution in [3.63, 3.8) is 0 Å². The molecule has 1 N–H and O–H groups in total. The molecule has 0 spiro atoms. The number of alkyl halides is 3. The number of aromatic nitrogens is 2. The molecule has 1 fully saturated rings. The first-order valence-corrected chi connectivity index (χ1v) is 10.4. The molecule has 1 aliphatic rings. The number of amides is 1. The minimum absolute atomic E-state index is 0.152. The lowest BCUT2D eigenvalue weighted by Gasteiger charge is -2.18. The Labute approximate surface area is 178 Å². The predicted octanol–water partition coefficient (Wildman–Crippen LogP) is 5.48. The van der Waals surface area contributed by atoms with Gasteiger partial charge in [-0.2, -0.15) is 13.2 Å². The number of imidazole rings is 1. The zero-order valence-corrected chi connectivity index (χ0v) is 17.5. The van der Waals surface area contributed by atoms with E-state index in [1.165, 1.54) is 25.0 Å². The van der Waals surface area contributed by atoms with Crippen LogP contribution in [0.2, 0.25) is 0 Å². The maximum absolute atomic E-state index is 13.4. The molecule has 1 aliphatic heterocycles. The van der Waals surface area contributed by atoms with Crippen LogP contribution < -0.4 is 5.32 Å². The van der Waals surface area contributed by atoms with Crippen LogP contribution in [0.1, 0.15) is 54.5 Å². The number of likely N-dealkylation sites (tertiary alicyclic amines) is 1. The van der Waals surface area contributed by atoms with E-state index < -0.39 is 18.0 Å². The van der Waals surface area contributed by atoms with Crippen LogP contribution in [0.5, 0.6) is 0 Å². The summed E-state index contributed by atoms with van der Waals surface area (Å²) in [4.78, 5) is 19.0. The molecule has 1 saturated heterocycles. The van der Waals surface area contributed by atoms with Crippen LogP contribution in [-0.4, -0.2) is 33.4 Å². The second kappa shape index (κ2) is 8.34. The van der Waals surface area contributed by atoms with E-state index in [1.54, 1.807) is 19.9 Å². The molecule has 0 saturated carbocycles. The second-order valence-electron chi connectivity index (χ2n) is 8.19. The summed E-state index contributed by atoms with van der Waals surface area (Å²) < 4.78 is 41.5. The topological polar surface area (TPSA) is 50.2 Å². The number of hydrogen-bond acceptors (Lipinski definition) is 3. The van der Waals surface area contributed by atoms with Crippen LogP contribution in [0.25, 0.3) is 11.0 Å². The lowest BCUT2D eigenvalue weighted by molar-refractivity contribution is -0.147. The van der Waals surface area contributed by atoms with Crippen molar-refractivity contribution in [2.24, 2.45) is 0 Å². The number of halogens is 3. The van der Waals surface area contributed by atoms with Gasteiger partial charge in [0.1, 0.15) is 0 Å². The predicted molar refractivity (Wildman–Crippen MR) is 114 cm³/mol. The third-order valence-electron chi connectivity index (χ3n) is 5.58. The van der Waals surface area contributed by atoms with E-state index in [0.29, 0.717) is 11.2 Å². The van der Waals surface area contributed by atoms with Gasteiger partial charge in [-0.3, -0.25) is 9.69 Å². The van der Waals surface area contributed by atoms with Crippen molar-refractivity contribution in [3.05, 3.63) is 59.4 Å². The maximum atomic E-state index is 13.4. The Morgan fingerprint density at radius 3 is 2.52 bits per heavy atom. The summed E-state index contributed by atoms with van der Waals surface area (Å²) in [5.41, 5.74) is 2.50. The van der Waals surface area contributed by atoms with Crippen molar-refractivity contribution < 1.29 is 18.0 Å². The van der Waals surface area contributed by atoms with Gasteiger partial charge in [0.05, 0.1) is 11.0 Å². The van der Waals surface area contributed by atoms with E-state index in [4.69, 9.17) is 0 Å². The van der Waals surface area contributed by atoms with Crippen LogP contribution in [0, 0.1) is 0 Å². The molecule has 1 aromatic heterocycles. The number of hydrogen-bond donors (Lipinski definition) is 1. The van der Waals surface area contributed by atoms with E-state index in [1.807, 2.05) is 24.3 Å². The molecule has 0 bridgehead atoms. The summed E-state index contributed by atoms with van der Waals surface area (Å²) >= 11 is 0. The average molecular weight is 430 g/mol. The Balaban J connectivity index is 1.62. The minimum Gasteiger partial charge on any atom is -0.322 e. The Hall–Kier alpha value is -2.87. The summed E-state index contributed by atoms with van der Waals surface area (Å²) in [5, 5.41) is 2.92. The summed E-state index contributed by atoms with van der Waals surface area (Å²) in [6.45, 7) is 6.18. The molecule has 5 nitrogen and oxygen atoms in total. The molecule has 1 amide bonds. The number of carbonyl (C=O) groups is 1. The zero-order chi connectivity index (χ0) is 22.2. The van der Waals surface area contributed by atoms with Crippen molar-refractivity contribution in [3.8, 4) is 0 Å². The van der Waals surface area contributed by atoms with E-state index in [9.17, 15) is 18.0 Å². The van der Waals surface area contributed by atoms with Crippen molar-refractivity contribution in [1.82, 2.24) is 14.5 Å². The highest BCUT2D eigenvalue weighted by molar-refractivity contribution is 6.06. The smallest absolute Gasteiger partial charge is 0.322 e. The molecular weight excluding hydrogens is 405 g/mol. The first-order chi connectivity index (χ1) is 14.7. The number of anilines is 1. The van der Waals surface area contributed by atoms with Gasteiger partial charge in [-0.05, 0) is 69.6 Å². The number of para-hydroxylation sites is 1. The molecule has 31 heavy (non-hydrogen) atoms. The fraction of sp³-hybridized carbons (Fsp3) is 0.391. The largest absolute Gasteiger partial charge is 0.449 e. The molecular formula is C23H25F3N4O. The summed E-state index contributed by atoms with van der Waals surface area (Å²) in [7, 11) is 0. The van der Waals surface area contributed by atoms with E-state index in [0.717, 1.165) is 29.8 Å². The quantitative estimate of drug-likeness (QED) is 0.583. The third kappa shape index (κ3) is 4.44. The SMILES string of the molecule is CC(C)n1c(C(F)(F)F)nc2cc(C(=O)Nc3ccccc3CN3CCCC3)ccc21. The Morgan fingerprint density at radius 2 is 1.84 bits per heavy atom. The number of fused-ring (bicyclic) bond motifs is 1. The molecule has 0 aliphatic carbocycles. The van der Waals surface area contributed by atoms with Crippen LogP contribution in [0.4, 0.5) is 18.9 Å². The highest BCUT2D eigenvalue weighted by Gasteiger charge is 2.38. The molecule has 3 aromatic rings. The monoisotopic (exact) mass is 430 g/mol. The van der Waals surface area contributed by atoms with Crippen molar-refractivity contribution in [1.29, 1.82) is 0 Å². The summed E-state index contributed by atoms with van der Waals surface area (Å²) in [6, 6.07) is 11.7. The lowest BCUT2D eigenvalue weighted by Crippen LogP contribution is -2.20. The highest BCUT2D eigenvalue weighted by Crippen LogP contribution is 2.34. The third-order valence-corrected chi connectivity index (χ3v) is 5.58. The van der Waals surface area contributed by atoms with Gasteiger partial charge < -0.3 is 9.88 Å². The molecule has 2 heterocycles. The molecule has 4 rings (SSSR count). The van der Waals surface area contributed by atoms with Gasteiger partial charge in [0, 0.05) is 23.8 Å². The van der Waals surface area contributed by atoms with Crippen LogP contribution in [-0.2, 0) is 12.7 Å². The number of rotatable bonds is 5. The first-order valence-electron chi connectivity index (χ1n) is 10.4. The zero-order valence-electron chi connectivity index (χ0n) is 17.5. The fourth-order valence-corrected chi connectivity index (χ4v) is 4.12. The van der Waals surface area contributed by atoms with E-state index >= 15 is 0 Å². The van der Waals surface area contributed by atoms with Gasteiger partial charge in [-0.25, -0.2) is 4.98 Å².